The highest BCUT2D eigenvalue weighted by Crippen LogP contribution is 2.28. The van der Waals surface area contributed by atoms with Gasteiger partial charge < -0.3 is 9.72 Å². The molecule has 3 heterocycles. The van der Waals surface area contributed by atoms with Crippen LogP contribution in [0.3, 0.4) is 0 Å². The average molecular weight is 487 g/mol. The highest BCUT2D eigenvalue weighted by Gasteiger charge is 2.28. The molecule has 0 bridgehead atoms. The first-order chi connectivity index (χ1) is 17.5. The zero-order chi connectivity index (χ0) is 25.1. The summed E-state index contributed by atoms with van der Waals surface area (Å²) in [6, 6.07) is 16.5. The summed E-state index contributed by atoms with van der Waals surface area (Å²) >= 11 is 0. The topological polar surface area (TPSA) is 88.9 Å². The van der Waals surface area contributed by atoms with Crippen molar-refractivity contribution in [3.8, 4) is 0 Å². The van der Waals surface area contributed by atoms with Gasteiger partial charge in [-0.3, -0.25) is 9.69 Å². The Balaban J connectivity index is 1.51. The van der Waals surface area contributed by atoms with Gasteiger partial charge in [0.25, 0.3) is 5.56 Å². The Morgan fingerprint density at radius 1 is 1.17 bits per heavy atom. The number of hydrogen-bond donors (Lipinski definition) is 1. The molecule has 36 heavy (non-hydrogen) atoms. The van der Waals surface area contributed by atoms with Crippen LogP contribution in [0.5, 0.6) is 0 Å². The third-order valence-electron chi connectivity index (χ3n) is 7.06. The van der Waals surface area contributed by atoms with E-state index in [9.17, 15) is 4.79 Å². The van der Waals surface area contributed by atoms with E-state index in [4.69, 9.17) is 4.74 Å². The normalized spacial score (nSPS) is 16.7. The van der Waals surface area contributed by atoms with E-state index in [0.717, 1.165) is 53.7 Å². The molecule has 2 atom stereocenters. The average Bonchev–Trinajstić information content (AvgIpc) is 3.54. The molecule has 188 valence electrons. The minimum atomic E-state index is -0.0593. The lowest BCUT2D eigenvalue weighted by atomic mass is 10.0. The van der Waals surface area contributed by atoms with Crippen molar-refractivity contribution in [3.63, 3.8) is 0 Å². The number of nitrogens with zero attached hydrogens (tertiary/aromatic N) is 5. The van der Waals surface area contributed by atoms with Gasteiger partial charge in [-0.25, -0.2) is 4.68 Å². The third-order valence-corrected chi connectivity index (χ3v) is 7.06. The van der Waals surface area contributed by atoms with Crippen LogP contribution in [0.15, 0.2) is 53.3 Å². The molecule has 0 saturated carbocycles. The molecule has 0 spiro atoms. The molecule has 1 aliphatic rings. The number of tetrazole rings is 1. The van der Waals surface area contributed by atoms with Crippen molar-refractivity contribution in [3.05, 3.63) is 87.0 Å². The van der Waals surface area contributed by atoms with Gasteiger partial charge in [0.05, 0.1) is 24.2 Å². The molecular formula is C28H34N6O2. The SMILES string of the molecule is CCC(c1nnnn1CC1CCCO1)N(Cc1ccccc1)Cc1cc2cc(C)cc(C)c2[nH]c1=O. The number of nitrogens with one attached hydrogen (secondary N) is 1. The van der Waals surface area contributed by atoms with E-state index in [0.29, 0.717) is 19.6 Å². The van der Waals surface area contributed by atoms with Crippen LogP contribution >= 0.6 is 0 Å². The largest absolute Gasteiger partial charge is 0.376 e. The molecule has 1 aliphatic heterocycles. The van der Waals surface area contributed by atoms with Crippen molar-refractivity contribution in [1.82, 2.24) is 30.1 Å². The molecule has 8 heteroatoms. The minimum Gasteiger partial charge on any atom is -0.376 e. The van der Waals surface area contributed by atoms with E-state index in [2.05, 4.69) is 63.5 Å². The number of fused-ring (bicyclic) bond motifs is 1. The number of aromatic amines is 1. The number of benzene rings is 2. The molecule has 2 aromatic carbocycles. The molecule has 1 N–H and O–H groups in total. The van der Waals surface area contributed by atoms with Gasteiger partial charge in [-0.05, 0) is 72.2 Å². The van der Waals surface area contributed by atoms with Crippen molar-refractivity contribution >= 4 is 10.9 Å². The first-order valence-corrected chi connectivity index (χ1v) is 12.8. The molecule has 4 aromatic rings. The Morgan fingerprint density at radius 3 is 2.75 bits per heavy atom. The second kappa shape index (κ2) is 10.7. The predicted molar refractivity (Wildman–Crippen MR) is 140 cm³/mol. The van der Waals surface area contributed by atoms with Crippen LogP contribution in [0, 0.1) is 13.8 Å². The van der Waals surface area contributed by atoms with E-state index in [1.165, 1.54) is 11.1 Å². The van der Waals surface area contributed by atoms with E-state index in [1.54, 1.807) is 0 Å². The van der Waals surface area contributed by atoms with Crippen LogP contribution in [-0.4, -0.2) is 42.8 Å². The summed E-state index contributed by atoms with van der Waals surface area (Å²) in [5, 5.41) is 13.8. The number of rotatable bonds is 9. The number of aryl methyl sites for hydroxylation is 2. The van der Waals surface area contributed by atoms with Crippen LogP contribution in [0.25, 0.3) is 10.9 Å². The number of aromatic nitrogens is 5. The van der Waals surface area contributed by atoms with Crippen LogP contribution < -0.4 is 5.56 Å². The van der Waals surface area contributed by atoms with Crippen molar-refractivity contribution in [1.29, 1.82) is 0 Å². The first-order valence-electron chi connectivity index (χ1n) is 12.8. The van der Waals surface area contributed by atoms with Crippen LogP contribution in [0.4, 0.5) is 0 Å². The fourth-order valence-corrected chi connectivity index (χ4v) is 5.33. The fourth-order valence-electron chi connectivity index (χ4n) is 5.33. The quantitative estimate of drug-likeness (QED) is 0.376. The number of pyridine rings is 1. The Morgan fingerprint density at radius 2 is 2.00 bits per heavy atom. The highest BCUT2D eigenvalue weighted by molar-refractivity contribution is 5.82. The molecular weight excluding hydrogens is 452 g/mol. The number of hydrogen-bond acceptors (Lipinski definition) is 6. The minimum absolute atomic E-state index is 0.0543. The summed E-state index contributed by atoms with van der Waals surface area (Å²) in [5.74, 6) is 0.813. The van der Waals surface area contributed by atoms with E-state index < -0.39 is 0 Å². The molecule has 0 amide bonds. The van der Waals surface area contributed by atoms with Gasteiger partial charge in [-0.15, -0.1) is 5.10 Å². The first kappa shape index (κ1) is 24.3. The molecule has 0 radical (unpaired) electrons. The zero-order valence-electron chi connectivity index (χ0n) is 21.3. The molecule has 2 unspecified atom stereocenters. The van der Waals surface area contributed by atoms with Crippen LogP contribution in [0.2, 0.25) is 0 Å². The van der Waals surface area contributed by atoms with Gasteiger partial charge >= 0.3 is 0 Å². The molecule has 8 nitrogen and oxygen atoms in total. The van der Waals surface area contributed by atoms with Gasteiger partial charge in [-0.2, -0.15) is 0 Å². The maximum Gasteiger partial charge on any atom is 0.252 e. The zero-order valence-corrected chi connectivity index (χ0v) is 21.3. The maximum atomic E-state index is 13.2. The second-order valence-corrected chi connectivity index (χ2v) is 9.84. The lowest BCUT2D eigenvalue weighted by Crippen LogP contribution is -2.33. The molecule has 5 rings (SSSR count). The van der Waals surface area contributed by atoms with Crippen molar-refractivity contribution in [2.24, 2.45) is 0 Å². The lowest BCUT2D eigenvalue weighted by Gasteiger charge is -2.30. The molecule has 2 aromatic heterocycles. The molecule has 0 aliphatic carbocycles. The van der Waals surface area contributed by atoms with Gasteiger partial charge in [0, 0.05) is 25.3 Å². The van der Waals surface area contributed by atoms with Gasteiger partial charge in [0.15, 0.2) is 5.82 Å². The fraction of sp³-hybridized carbons (Fsp3) is 0.429. The third kappa shape index (κ3) is 5.24. The number of H-pyrrole nitrogens is 1. The van der Waals surface area contributed by atoms with E-state index in [-0.39, 0.29) is 17.7 Å². The van der Waals surface area contributed by atoms with Gasteiger partial charge in [0.2, 0.25) is 0 Å². The summed E-state index contributed by atoms with van der Waals surface area (Å²) < 4.78 is 7.74. The smallest absolute Gasteiger partial charge is 0.252 e. The standard InChI is InChI=1S/C28H34N6O2/c1-4-25(27-30-31-32-34(27)18-24-11-8-12-36-24)33(16-21-9-6-5-7-10-21)17-23-15-22-14-19(2)13-20(3)26(22)29-28(23)35/h5-7,9-10,13-15,24-25H,4,8,11-12,16-18H2,1-3H3,(H,29,35). The molecule has 1 saturated heterocycles. The lowest BCUT2D eigenvalue weighted by molar-refractivity contribution is 0.0888. The van der Waals surface area contributed by atoms with Crippen molar-refractivity contribution in [2.75, 3.05) is 6.61 Å². The summed E-state index contributed by atoms with van der Waals surface area (Å²) in [5.41, 5.74) is 5.02. The summed E-state index contributed by atoms with van der Waals surface area (Å²) in [6.45, 7) is 8.86. The second-order valence-electron chi connectivity index (χ2n) is 9.84. The Kier molecular flexibility index (Phi) is 7.25. The van der Waals surface area contributed by atoms with Gasteiger partial charge in [-0.1, -0.05) is 48.9 Å². The molecule has 1 fully saturated rings. The van der Waals surface area contributed by atoms with E-state index in [1.807, 2.05) is 35.9 Å². The van der Waals surface area contributed by atoms with Gasteiger partial charge in [0.1, 0.15) is 0 Å². The number of ether oxygens (including phenoxy) is 1. The van der Waals surface area contributed by atoms with Crippen LogP contribution in [-0.2, 0) is 24.4 Å². The van der Waals surface area contributed by atoms with Crippen molar-refractivity contribution < 1.29 is 4.74 Å². The predicted octanol–water partition coefficient (Wildman–Crippen LogP) is 4.46. The van der Waals surface area contributed by atoms with Crippen molar-refractivity contribution in [2.45, 2.75) is 71.8 Å². The summed E-state index contributed by atoms with van der Waals surface area (Å²) in [4.78, 5) is 18.7. The Labute approximate surface area is 211 Å². The monoisotopic (exact) mass is 486 g/mol. The van der Waals surface area contributed by atoms with E-state index >= 15 is 0 Å². The summed E-state index contributed by atoms with van der Waals surface area (Å²) in [6.07, 6.45) is 3.04. The Bertz CT molecular complexity index is 1370. The Hall–Kier alpha value is -3.36. The highest BCUT2D eigenvalue weighted by atomic mass is 16.5. The summed E-state index contributed by atoms with van der Waals surface area (Å²) in [7, 11) is 0. The van der Waals surface area contributed by atoms with Crippen LogP contribution in [0.1, 0.15) is 60.3 Å². The maximum absolute atomic E-state index is 13.2.